The fourth-order valence-corrected chi connectivity index (χ4v) is 4.24. The zero-order valence-electron chi connectivity index (χ0n) is 20.0. The highest BCUT2D eigenvalue weighted by Gasteiger charge is 2.30. The largest absolute Gasteiger partial charge is 0.497 e. The van der Waals surface area contributed by atoms with Crippen LogP contribution in [0.1, 0.15) is 32.3 Å². The van der Waals surface area contributed by atoms with Crippen LogP contribution >= 0.6 is 11.6 Å². The van der Waals surface area contributed by atoms with Crippen LogP contribution in [0.15, 0.2) is 48.5 Å². The fourth-order valence-electron chi connectivity index (χ4n) is 3.27. The number of amides is 2. The van der Waals surface area contributed by atoms with Crippen molar-refractivity contribution in [1.29, 1.82) is 0 Å². The third-order valence-electron chi connectivity index (χ3n) is 5.30. The Morgan fingerprint density at radius 2 is 1.71 bits per heavy atom. The molecule has 8 nitrogen and oxygen atoms in total. The molecule has 2 aromatic carbocycles. The Hall–Kier alpha value is -2.78. The average Bonchev–Trinajstić information content (AvgIpc) is 2.81. The molecule has 0 spiro atoms. The van der Waals surface area contributed by atoms with E-state index in [1.165, 1.54) is 17.0 Å². The van der Waals surface area contributed by atoms with E-state index in [2.05, 4.69) is 5.32 Å². The average molecular weight is 510 g/mol. The van der Waals surface area contributed by atoms with Gasteiger partial charge in [0.2, 0.25) is 21.8 Å². The van der Waals surface area contributed by atoms with Crippen LogP contribution in [-0.4, -0.2) is 57.6 Å². The number of sulfonamides is 1. The molecule has 1 N–H and O–H groups in total. The highest BCUT2D eigenvalue weighted by molar-refractivity contribution is 7.92. The summed E-state index contributed by atoms with van der Waals surface area (Å²) >= 11 is 5.93. The number of carbonyl (C=O) groups is 2. The number of hydrogen-bond acceptors (Lipinski definition) is 5. The molecule has 186 valence electrons. The van der Waals surface area contributed by atoms with Crippen LogP contribution in [0, 0.1) is 0 Å². The summed E-state index contributed by atoms with van der Waals surface area (Å²) in [6.07, 6.45) is 2.78. The standard InChI is InChI=1S/C24H32ClN3O5S/c1-5-6-15-26-24(30)18(2)27(16-19-7-13-22(33-3)14-8-19)23(29)17-28(34(4,31)32)21-11-9-20(25)10-12-21/h7-14,18H,5-6,15-17H2,1-4H3,(H,26,30)/t18-/m1/s1. The Morgan fingerprint density at radius 1 is 1.09 bits per heavy atom. The molecule has 0 radical (unpaired) electrons. The van der Waals surface area contributed by atoms with Gasteiger partial charge in [0.1, 0.15) is 18.3 Å². The molecular weight excluding hydrogens is 478 g/mol. The first-order valence-electron chi connectivity index (χ1n) is 11.0. The van der Waals surface area contributed by atoms with Crippen molar-refractivity contribution in [2.75, 3.05) is 30.8 Å². The Morgan fingerprint density at radius 3 is 2.24 bits per heavy atom. The number of unbranched alkanes of at least 4 members (excludes halogenated alkanes) is 1. The van der Waals surface area contributed by atoms with E-state index in [1.807, 2.05) is 6.92 Å². The lowest BCUT2D eigenvalue weighted by Crippen LogP contribution is -2.51. The van der Waals surface area contributed by atoms with Crippen LogP contribution in [0.2, 0.25) is 5.02 Å². The molecule has 0 unspecified atom stereocenters. The molecule has 0 saturated carbocycles. The van der Waals surface area contributed by atoms with E-state index in [-0.39, 0.29) is 12.5 Å². The molecule has 0 aliphatic rings. The summed E-state index contributed by atoms with van der Waals surface area (Å²) in [7, 11) is -2.22. The van der Waals surface area contributed by atoms with Gasteiger partial charge in [0.25, 0.3) is 0 Å². The first-order valence-corrected chi connectivity index (χ1v) is 13.2. The van der Waals surface area contributed by atoms with Crippen LogP contribution in [0.5, 0.6) is 5.75 Å². The molecule has 1 atom stereocenters. The lowest BCUT2D eigenvalue weighted by atomic mass is 10.1. The molecule has 2 rings (SSSR count). The second-order valence-electron chi connectivity index (χ2n) is 7.94. The molecule has 0 aliphatic heterocycles. The predicted molar refractivity (Wildman–Crippen MR) is 135 cm³/mol. The number of benzene rings is 2. The molecule has 2 aromatic rings. The van der Waals surface area contributed by atoms with Crippen LogP contribution in [0.4, 0.5) is 5.69 Å². The van der Waals surface area contributed by atoms with Crippen molar-refractivity contribution in [3.63, 3.8) is 0 Å². The summed E-state index contributed by atoms with van der Waals surface area (Å²) in [6, 6.07) is 12.5. The maximum Gasteiger partial charge on any atom is 0.244 e. The van der Waals surface area contributed by atoms with Gasteiger partial charge < -0.3 is 15.0 Å². The van der Waals surface area contributed by atoms with Crippen molar-refractivity contribution in [1.82, 2.24) is 10.2 Å². The van der Waals surface area contributed by atoms with Gasteiger partial charge in [-0.3, -0.25) is 13.9 Å². The van der Waals surface area contributed by atoms with E-state index in [1.54, 1.807) is 50.4 Å². The zero-order chi connectivity index (χ0) is 25.3. The summed E-state index contributed by atoms with van der Waals surface area (Å²) in [4.78, 5) is 27.6. The van der Waals surface area contributed by atoms with E-state index in [0.29, 0.717) is 23.0 Å². The van der Waals surface area contributed by atoms with E-state index in [0.717, 1.165) is 29.0 Å². The smallest absolute Gasteiger partial charge is 0.244 e. The maximum atomic E-state index is 13.4. The molecule has 0 bridgehead atoms. The summed E-state index contributed by atoms with van der Waals surface area (Å²) in [5, 5.41) is 3.29. The topological polar surface area (TPSA) is 96.0 Å². The van der Waals surface area contributed by atoms with Crippen molar-refractivity contribution in [2.45, 2.75) is 39.3 Å². The second-order valence-corrected chi connectivity index (χ2v) is 10.3. The Labute approximate surface area is 206 Å². The minimum Gasteiger partial charge on any atom is -0.497 e. The molecule has 34 heavy (non-hydrogen) atoms. The third-order valence-corrected chi connectivity index (χ3v) is 6.70. The lowest BCUT2D eigenvalue weighted by Gasteiger charge is -2.31. The fraction of sp³-hybridized carbons (Fsp3) is 0.417. The third kappa shape index (κ3) is 7.92. The van der Waals surface area contributed by atoms with Gasteiger partial charge in [-0.05, 0) is 55.3 Å². The molecule has 10 heteroatoms. The van der Waals surface area contributed by atoms with Gasteiger partial charge in [0.05, 0.1) is 19.1 Å². The highest BCUT2D eigenvalue weighted by atomic mass is 35.5. The van der Waals surface area contributed by atoms with Gasteiger partial charge in [0, 0.05) is 18.1 Å². The predicted octanol–water partition coefficient (Wildman–Crippen LogP) is 3.45. The summed E-state index contributed by atoms with van der Waals surface area (Å²) in [5.41, 5.74) is 1.09. The summed E-state index contributed by atoms with van der Waals surface area (Å²) in [6.45, 7) is 3.83. The second kappa shape index (κ2) is 12.6. The number of rotatable bonds is 12. The SMILES string of the molecule is CCCCNC(=O)[C@@H](C)N(Cc1ccc(OC)cc1)C(=O)CN(c1ccc(Cl)cc1)S(C)(=O)=O. The van der Waals surface area contributed by atoms with Gasteiger partial charge in [0.15, 0.2) is 0 Å². The molecule has 0 fully saturated rings. The highest BCUT2D eigenvalue weighted by Crippen LogP contribution is 2.22. The minimum atomic E-state index is -3.78. The lowest BCUT2D eigenvalue weighted by molar-refractivity contribution is -0.139. The Balaban J connectivity index is 2.32. The number of anilines is 1. The first kappa shape index (κ1) is 27.5. The van der Waals surface area contributed by atoms with Gasteiger partial charge in [-0.15, -0.1) is 0 Å². The van der Waals surface area contributed by atoms with Crippen molar-refractivity contribution in [3.8, 4) is 5.75 Å². The molecule has 0 heterocycles. The summed E-state index contributed by atoms with van der Waals surface area (Å²) in [5.74, 6) is -0.139. The summed E-state index contributed by atoms with van der Waals surface area (Å²) < 4.78 is 31.2. The number of nitrogens with one attached hydrogen (secondary N) is 1. The molecular formula is C24H32ClN3O5S. The van der Waals surface area contributed by atoms with Gasteiger partial charge >= 0.3 is 0 Å². The van der Waals surface area contributed by atoms with E-state index in [9.17, 15) is 18.0 Å². The number of hydrogen-bond donors (Lipinski definition) is 1. The number of halogens is 1. The molecule has 0 aliphatic carbocycles. The van der Waals surface area contributed by atoms with Crippen molar-refractivity contribution in [2.24, 2.45) is 0 Å². The minimum absolute atomic E-state index is 0.128. The Bertz CT molecular complexity index is 1060. The van der Waals surface area contributed by atoms with Gasteiger partial charge in [-0.2, -0.15) is 0 Å². The number of ether oxygens (including phenoxy) is 1. The quantitative estimate of drug-likeness (QED) is 0.442. The van der Waals surface area contributed by atoms with Crippen molar-refractivity contribution >= 4 is 39.1 Å². The van der Waals surface area contributed by atoms with Crippen LogP contribution in [0.25, 0.3) is 0 Å². The zero-order valence-corrected chi connectivity index (χ0v) is 21.5. The van der Waals surface area contributed by atoms with E-state index in [4.69, 9.17) is 16.3 Å². The molecule has 0 aromatic heterocycles. The van der Waals surface area contributed by atoms with E-state index < -0.39 is 28.5 Å². The van der Waals surface area contributed by atoms with Crippen LogP contribution in [-0.2, 0) is 26.2 Å². The van der Waals surface area contributed by atoms with Crippen LogP contribution in [0.3, 0.4) is 0 Å². The monoisotopic (exact) mass is 509 g/mol. The van der Waals surface area contributed by atoms with Crippen molar-refractivity contribution < 1.29 is 22.7 Å². The van der Waals surface area contributed by atoms with Gasteiger partial charge in [-0.1, -0.05) is 37.1 Å². The molecule has 0 saturated heterocycles. The maximum absolute atomic E-state index is 13.4. The van der Waals surface area contributed by atoms with Crippen LogP contribution < -0.4 is 14.4 Å². The normalized spacial score (nSPS) is 12.0. The number of nitrogens with zero attached hydrogens (tertiary/aromatic N) is 2. The Kier molecular flexibility index (Phi) is 10.2. The number of carbonyl (C=O) groups excluding carboxylic acids is 2. The van der Waals surface area contributed by atoms with Gasteiger partial charge in [-0.25, -0.2) is 8.42 Å². The number of methoxy groups -OCH3 is 1. The first-order chi connectivity index (χ1) is 16.1. The molecule has 2 amide bonds. The van der Waals surface area contributed by atoms with Crippen molar-refractivity contribution in [3.05, 3.63) is 59.1 Å². The van der Waals surface area contributed by atoms with E-state index >= 15 is 0 Å².